The molecule has 0 N–H and O–H groups in total. The number of carbonyl (C=O) groups excluding carboxylic acids is 1. The summed E-state index contributed by atoms with van der Waals surface area (Å²) < 4.78 is 1.47. The van der Waals surface area contributed by atoms with Crippen LogP contribution in [0.1, 0.15) is 28.8 Å². The van der Waals surface area contributed by atoms with Crippen molar-refractivity contribution in [3.05, 3.63) is 70.1 Å². The predicted molar refractivity (Wildman–Crippen MR) is 108 cm³/mol. The Balaban J connectivity index is 1.75. The zero-order valence-electron chi connectivity index (χ0n) is 16.3. The fourth-order valence-electron chi connectivity index (χ4n) is 3.82. The van der Waals surface area contributed by atoms with Crippen LogP contribution in [0.15, 0.2) is 53.5 Å². The zero-order chi connectivity index (χ0) is 19.2. The molecule has 144 valence electrons. The van der Waals surface area contributed by atoms with Gasteiger partial charge < -0.3 is 14.4 Å². The van der Waals surface area contributed by atoms with Crippen LogP contribution in [0.25, 0.3) is 0 Å². The fraction of sp³-hybridized carbons (Fsp3) is 0.455. The number of amides is 1. The molecule has 0 bridgehead atoms. The quantitative estimate of drug-likeness (QED) is 0.788. The molecule has 3 rings (SSSR count). The average molecular weight is 367 g/mol. The van der Waals surface area contributed by atoms with Gasteiger partial charge in [-0.3, -0.25) is 9.59 Å². The predicted octanol–water partition coefficient (Wildman–Crippen LogP) is 2.41. The summed E-state index contributed by atoms with van der Waals surface area (Å²) in [4.78, 5) is 29.2. The Kier molecular flexibility index (Phi) is 6.45. The molecule has 5 heteroatoms. The maximum Gasteiger partial charge on any atom is 0.255 e. The highest BCUT2D eigenvalue weighted by molar-refractivity contribution is 5.93. The number of carbonyl (C=O) groups is 1. The summed E-state index contributed by atoms with van der Waals surface area (Å²) in [6, 6.07) is 13.4. The monoisotopic (exact) mass is 367 g/mol. The Labute approximate surface area is 161 Å². The lowest BCUT2D eigenvalue weighted by molar-refractivity contribution is 0.0692. The van der Waals surface area contributed by atoms with E-state index < -0.39 is 0 Å². The Hall–Kier alpha value is -2.40. The lowest BCUT2D eigenvalue weighted by Crippen LogP contribution is -2.42. The second-order valence-electron chi connectivity index (χ2n) is 7.62. The molecule has 5 nitrogen and oxygen atoms in total. The van der Waals surface area contributed by atoms with Gasteiger partial charge >= 0.3 is 0 Å². The first kappa shape index (κ1) is 19.4. The maximum absolute atomic E-state index is 13.2. The number of hydrogen-bond acceptors (Lipinski definition) is 3. The number of aryl methyl sites for hydroxylation is 1. The number of rotatable bonds is 6. The van der Waals surface area contributed by atoms with Gasteiger partial charge in [0.1, 0.15) is 0 Å². The number of aromatic nitrogens is 1. The molecule has 0 aliphatic carbocycles. The summed E-state index contributed by atoms with van der Waals surface area (Å²) in [5.74, 6) is 0.505. The van der Waals surface area contributed by atoms with Gasteiger partial charge in [-0.2, -0.15) is 0 Å². The maximum atomic E-state index is 13.2. The summed E-state index contributed by atoms with van der Waals surface area (Å²) in [5, 5.41) is 0. The van der Waals surface area contributed by atoms with Crippen LogP contribution < -0.4 is 5.56 Å². The van der Waals surface area contributed by atoms with E-state index in [9.17, 15) is 9.59 Å². The number of hydrogen-bond donors (Lipinski definition) is 0. The molecular weight excluding hydrogens is 338 g/mol. The van der Waals surface area contributed by atoms with Gasteiger partial charge in [0.15, 0.2) is 0 Å². The molecule has 1 aliphatic heterocycles. The van der Waals surface area contributed by atoms with E-state index in [1.165, 1.54) is 22.6 Å². The van der Waals surface area contributed by atoms with Gasteiger partial charge in [0.05, 0.1) is 5.56 Å². The SMILES string of the molecule is CN1CCCC(CN(CCc2ccccc2)C(=O)c2ccc(=O)n(C)c2)C1. The van der Waals surface area contributed by atoms with E-state index in [0.29, 0.717) is 18.0 Å². The molecule has 1 aromatic carbocycles. The molecule has 1 amide bonds. The smallest absolute Gasteiger partial charge is 0.255 e. The summed E-state index contributed by atoms with van der Waals surface area (Å²) >= 11 is 0. The Bertz CT molecular complexity index is 816. The van der Waals surface area contributed by atoms with E-state index >= 15 is 0 Å². The Morgan fingerprint density at radius 1 is 1.15 bits per heavy atom. The molecule has 2 heterocycles. The van der Waals surface area contributed by atoms with E-state index in [1.807, 2.05) is 23.1 Å². The van der Waals surface area contributed by atoms with Crippen LogP contribution >= 0.6 is 0 Å². The van der Waals surface area contributed by atoms with E-state index in [4.69, 9.17) is 0 Å². The second-order valence-corrected chi connectivity index (χ2v) is 7.62. The van der Waals surface area contributed by atoms with Gasteiger partial charge in [0.2, 0.25) is 5.56 Å². The van der Waals surface area contributed by atoms with Crippen molar-refractivity contribution in [1.29, 1.82) is 0 Å². The third kappa shape index (κ3) is 5.30. The van der Waals surface area contributed by atoms with Crippen molar-refractivity contribution in [2.45, 2.75) is 19.3 Å². The highest BCUT2D eigenvalue weighted by Gasteiger charge is 2.24. The fourth-order valence-corrected chi connectivity index (χ4v) is 3.82. The molecule has 1 saturated heterocycles. The largest absolute Gasteiger partial charge is 0.338 e. The van der Waals surface area contributed by atoms with E-state index in [2.05, 4.69) is 24.1 Å². The number of pyridine rings is 1. The molecule has 2 aromatic rings. The minimum absolute atomic E-state index is 0.00903. The lowest BCUT2D eigenvalue weighted by Gasteiger charge is -2.34. The van der Waals surface area contributed by atoms with Gasteiger partial charge in [0, 0.05) is 38.9 Å². The first-order valence-electron chi connectivity index (χ1n) is 9.71. The average Bonchev–Trinajstić information content (AvgIpc) is 2.67. The minimum Gasteiger partial charge on any atom is -0.338 e. The Morgan fingerprint density at radius 3 is 2.63 bits per heavy atom. The molecule has 1 atom stereocenters. The standard InChI is InChI=1S/C22H29N3O2/c1-23-13-6-9-19(15-23)16-25(14-12-18-7-4-3-5-8-18)22(27)20-10-11-21(26)24(2)17-20/h3-5,7-8,10-11,17,19H,6,9,12-16H2,1-2H3. The van der Waals surface area contributed by atoms with Crippen molar-refractivity contribution in [3.63, 3.8) is 0 Å². The Morgan fingerprint density at radius 2 is 1.93 bits per heavy atom. The van der Waals surface area contributed by atoms with Gasteiger partial charge in [-0.05, 0) is 50.4 Å². The molecule has 1 aliphatic rings. The van der Waals surface area contributed by atoms with E-state index in [0.717, 1.165) is 32.5 Å². The van der Waals surface area contributed by atoms with Crippen molar-refractivity contribution in [3.8, 4) is 0 Å². The first-order chi connectivity index (χ1) is 13.0. The van der Waals surface area contributed by atoms with Gasteiger partial charge in [-0.1, -0.05) is 30.3 Å². The first-order valence-corrected chi connectivity index (χ1v) is 9.71. The van der Waals surface area contributed by atoms with Crippen LogP contribution in [0, 0.1) is 5.92 Å². The lowest BCUT2D eigenvalue weighted by atomic mass is 9.97. The summed E-state index contributed by atoms with van der Waals surface area (Å²) in [6.45, 7) is 3.61. The number of piperidine rings is 1. The molecule has 1 fully saturated rings. The molecule has 0 saturated carbocycles. The zero-order valence-corrected chi connectivity index (χ0v) is 16.3. The summed E-state index contributed by atoms with van der Waals surface area (Å²) in [6.07, 6.45) is 4.82. The molecular formula is C22H29N3O2. The van der Waals surface area contributed by atoms with Crippen LogP contribution in [0.5, 0.6) is 0 Å². The van der Waals surface area contributed by atoms with Crippen molar-refractivity contribution in [2.24, 2.45) is 13.0 Å². The van der Waals surface area contributed by atoms with Crippen molar-refractivity contribution >= 4 is 5.91 Å². The molecule has 0 spiro atoms. The van der Waals surface area contributed by atoms with Crippen LogP contribution in [0.3, 0.4) is 0 Å². The molecule has 27 heavy (non-hydrogen) atoms. The number of likely N-dealkylation sites (tertiary alicyclic amines) is 1. The minimum atomic E-state index is -0.101. The normalized spacial score (nSPS) is 17.6. The van der Waals surface area contributed by atoms with E-state index in [-0.39, 0.29) is 11.5 Å². The van der Waals surface area contributed by atoms with Gasteiger partial charge in [-0.25, -0.2) is 0 Å². The third-order valence-electron chi connectivity index (χ3n) is 5.33. The topological polar surface area (TPSA) is 45.6 Å². The van der Waals surface area contributed by atoms with Crippen molar-refractivity contribution in [2.75, 3.05) is 33.2 Å². The van der Waals surface area contributed by atoms with E-state index in [1.54, 1.807) is 19.3 Å². The van der Waals surface area contributed by atoms with Crippen molar-refractivity contribution < 1.29 is 4.79 Å². The molecule has 1 aromatic heterocycles. The van der Waals surface area contributed by atoms with Crippen LogP contribution in [0.2, 0.25) is 0 Å². The highest BCUT2D eigenvalue weighted by Crippen LogP contribution is 2.18. The third-order valence-corrected chi connectivity index (χ3v) is 5.33. The second kappa shape index (κ2) is 9.00. The van der Waals surface area contributed by atoms with Crippen LogP contribution in [-0.4, -0.2) is 53.5 Å². The highest BCUT2D eigenvalue weighted by atomic mass is 16.2. The van der Waals surface area contributed by atoms with Crippen LogP contribution in [-0.2, 0) is 13.5 Å². The number of benzene rings is 1. The van der Waals surface area contributed by atoms with Gasteiger partial charge in [0.25, 0.3) is 5.91 Å². The van der Waals surface area contributed by atoms with Crippen LogP contribution in [0.4, 0.5) is 0 Å². The molecule has 1 unspecified atom stereocenters. The van der Waals surface area contributed by atoms with Crippen molar-refractivity contribution in [1.82, 2.24) is 14.4 Å². The molecule has 0 radical (unpaired) electrons. The van der Waals surface area contributed by atoms with Gasteiger partial charge in [-0.15, -0.1) is 0 Å². The number of nitrogens with zero attached hydrogens (tertiary/aromatic N) is 3. The summed E-state index contributed by atoms with van der Waals surface area (Å²) in [7, 11) is 3.83. The summed E-state index contributed by atoms with van der Waals surface area (Å²) in [5.41, 5.74) is 1.71.